The molecular formula is C21H20N2O5. The van der Waals surface area contributed by atoms with Crippen LogP contribution in [-0.2, 0) is 0 Å². The van der Waals surface area contributed by atoms with E-state index in [0.717, 1.165) is 11.1 Å². The minimum Gasteiger partial charge on any atom is -0.490 e. The normalized spacial score (nSPS) is 16.8. The molecule has 0 fully saturated rings. The van der Waals surface area contributed by atoms with Crippen LogP contribution in [0.4, 0.5) is 0 Å². The Kier molecular flexibility index (Phi) is 4.62. The van der Waals surface area contributed by atoms with E-state index in [1.54, 1.807) is 6.07 Å². The van der Waals surface area contributed by atoms with Crippen LogP contribution in [0.15, 0.2) is 41.8 Å². The second kappa shape index (κ2) is 7.24. The summed E-state index contributed by atoms with van der Waals surface area (Å²) in [7, 11) is 0. The van der Waals surface area contributed by atoms with Crippen LogP contribution in [0.2, 0.25) is 0 Å². The topological polar surface area (TPSA) is 96.0 Å². The SMILES string of the molecule is CCOc1ccc([C@H]2C(C#N)=C(N)Oc3cc4c(cc32)OCO4)cc1OCC. The lowest BCUT2D eigenvalue weighted by atomic mass is 9.83. The summed E-state index contributed by atoms with van der Waals surface area (Å²) in [5.74, 6) is 2.67. The number of nitrogens with zero attached hydrogens (tertiary/aromatic N) is 1. The fraction of sp³-hybridized carbons (Fsp3) is 0.286. The lowest BCUT2D eigenvalue weighted by molar-refractivity contribution is 0.174. The second-order valence-electron chi connectivity index (χ2n) is 6.24. The zero-order valence-electron chi connectivity index (χ0n) is 15.7. The van der Waals surface area contributed by atoms with Crippen molar-refractivity contribution in [3.63, 3.8) is 0 Å². The Morgan fingerprint density at radius 3 is 2.46 bits per heavy atom. The molecule has 2 N–H and O–H groups in total. The third kappa shape index (κ3) is 2.93. The molecule has 0 bridgehead atoms. The summed E-state index contributed by atoms with van der Waals surface area (Å²) >= 11 is 0. The number of benzene rings is 2. The molecule has 0 saturated carbocycles. The molecule has 7 heteroatoms. The van der Waals surface area contributed by atoms with Crippen molar-refractivity contribution in [2.45, 2.75) is 19.8 Å². The quantitative estimate of drug-likeness (QED) is 0.849. The molecule has 2 heterocycles. The average molecular weight is 380 g/mol. The standard InChI is InChI=1S/C21H20N2O5/c1-3-24-15-6-5-12(7-17(15)25-4-2)20-13-8-18-19(27-11-26-18)9-16(13)28-21(23)14(20)10-22/h5-9,20H,3-4,11,23H2,1-2H3/t20-/m1/s1. The lowest BCUT2D eigenvalue weighted by Gasteiger charge is -2.27. The van der Waals surface area contributed by atoms with Crippen LogP contribution in [0.1, 0.15) is 30.9 Å². The number of allylic oxidation sites excluding steroid dienone is 1. The predicted octanol–water partition coefficient (Wildman–Crippen LogP) is 3.43. The van der Waals surface area contributed by atoms with Crippen molar-refractivity contribution in [3.8, 4) is 34.8 Å². The van der Waals surface area contributed by atoms with Gasteiger partial charge in [-0.2, -0.15) is 5.26 Å². The maximum atomic E-state index is 9.74. The Labute approximate surface area is 162 Å². The fourth-order valence-electron chi connectivity index (χ4n) is 3.44. The van der Waals surface area contributed by atoms with Crippen LogP contribution in [0.25, 0.3) is 0 Å². The van der Waals surface area contributed by atoms with E-state index in [2.05, 4.69) is 6.07 Å². The number of rotatable bonds is 5. The molecule has 2 aliphatic heterocycles. The fourth-order valence-corrected chi connectivity index (χ4v) is 3.44. The van der Waals surface area contributed by atoms with Crippen LogP contribution < -0.4 is 29.4 Å². The summed E-state index contributed by atoms with van der Waals surface area (Å²) in [5.41, 5.74) is 8.01. The van der Waals surface area contributed by atoms with Crippen molar-refractivity contribution in [2.24, 2.45) is 5.73 Å². The molecule has 2 aliphatic rings. The zero-order valence-corrected chi connectivity index (χ0v) is 15.7. The summed E-state index contributed by atoms with van der Waals surface area (Å²) in [4.78, 5) is 0. The van der Waals surface area contributed by atoms with E-state index in [0.29, 0.717) is 47.5 Å². The van der Waals surface area contributed by atoms with Gasteiger partial charge in [-0.3, -0.25) is 0 Å². The smallest absolute Gasteiger partial charge is 0.231 e. The molecule has 0 aliphatic carbocycles. The van der Waals surface area contributed by atoms with Crippen molar-refractivity contribution in [1.82, 2.24) is 0 Å². The molecule has 0 saturated heterocycles. The van der Waals surface area contributed by atoms with Gasteiger partial charge in [0.15, 0.2) is 23.0 Å². The predicted molar refractivity (Wildman–Crippen MR) is 101 cm³/mol. The first-order valence-electron chi connectivity index (χ1n) is 9.06. The van der Waals surface area contributed by atoms with Gasteiger partial charge in [-0.25, -0.2) is 0 Å². The molecule has 0 spiro atoms. The Morgan fingerprint density at radius 2 is 1.75 bits per heavy atom. The number of ether oxygens (including phenoxy) is 5. The summed E-state index contributed by atoms with van der Waals surface area (Å²) < 4.78 is 28.0. The molecule has 2 aromatic carbocycles. The molecule has 144 valence electrons. The molecule has 7 nitrogen and oxygen atoms in total. The number of nitrogens with two attached hydrogens (primary N) is 1. The number of hydrogen-bond donors (Lipinski definition) is 1. The Hall–Kier alpha value is -3.53. The highest BCUT2D eigenvalue weighted by Crippen LogP contribution is 2.48. The average Bonchev–Trinajstić information content (AvgIpc) is 3.14. The number of hydrogen-bond acceptors (Lipinski definition) is 7. The first-order chi connectivity index (χ1) is 13.7. The van der Waals surface area contributed by atoms with E-state index in [9.17, 15) is 5.26 Å². The Bertz CT molecular complexity index is 993. The van der Waals surface area contributed by atoms with Gasteiger partial charge in [-0.05, 0) is 37.6 Å². The van der Waals surface area contributed by atoms with Crippen LogP contribution in [0, 0.1) is 11.3 Å². The van der Waals surface area contributed by atoms with Crippen molar-refractivity contribution in [2.75, 3.05) is 20.0 Å². The van der Waals surface area contributed by atoms with Crippen LogP contribution >= 0.6 is 0 Å². The summed E-state index contributed by atoms with van der Waals surface area (Å²) in [6, 6.07) is 11.4. The van der Waals surface area contributed by atoms with Gasteiger partial charge in [0.25, 0.3) is 0 Å². The van der Waals surface area contributed by atoms with Crippen molar-refractivity contribution in [3.05, 3.63) is 52.9 Å². The van der Waals surface area contributed by atoms with E-state index in [1.165, 1.54) is 0 Å². The number of fused-ring (bicyclic) bond motifs is 2. The van der Waals surface area contributed by atoms with Crippen molar-refractivity contribution >= 4 is 0 Å². The van der Waals surface area contributed by atoms with Gasteiger partial charge < -0.3 is 29.4 Å². The summed E-state index contributed by atoms with van der Waals surface area (Å²) in [6.07, 6.45) is 0. The van der Waals surface area contributed by atoms with Gasteiger partial charge in [-0.15, -0.1) is 0 Å². The van der Waals surface area contributed by atoms with E-state index in [1.807, 2.05) is 38.1 Å². The van der Waals surface area contributed by atoms with Gasteiger partial charge in [0.05, 0.1) is 19.1 Å². The maximum Gasteiger partial charge on any atom is 0.231 e. The van der Waals surface area contributed by atoms with Crippen LogP contribution in [0.5, 0.6) is 28.7 Å². The lowest BCUT2D eigenvalue weighted by Crippen LogP contribution is -2.21. The largest absolute Gasteiger partial charge is 0.490 e. The van der Waals surface area contributed by atoms with E-state index >= 15 is 0 Å². The van der Waals surface area contributed by atoms with Crippen molar-refractivity contribution < 1.29 is 23.7 Å². The highest BCUT2D eigenvalue weighted by Gasteiger charge is 2.33. The molecule has 0 aromatic heterocycles. The van der Waals surface area contributed by atoms with Crippen molar-refractivity contribution in [1.29, 1.82) is 5.26 Å². The van der Waals surface area contributed by atoms with Crippen LogP contribution in [-0.4, -0.2) is 20.0 Å². The molecule has 0 amide bonds. The molecule has 0 radical (unpaired) electrons. The first-order valence-corrected chi connectivity index (χ1v) is 9.06. The van der Waals surface area contributed by atoms with E-state index < -0.39 is 5.92 Å². The zero-order chi connectivity index (χ0) is 19.7. The van der Waals surface area contributed by atoms with Gasteiger partial charge in [-0.1, -0.05) is 6.07 Å². The molecule has 4 rings (SSSR count). The Morgan fingerprint density at radius 1 is 1.04 bits per heavy atom. The number of nitriles is 1. The first kappa shape index (κ1) is 17.9. The minimum atomic E-state index is -0.418. The summed E-state index contributed by atoms with van der Waals surface area (Å²) in [5, 5.41) is 9.74. The molecule has 28 heavy (non-hydrogen) atoms. The van der Waals surface area contributed by atoms with Gasteiger partial charge in [0.1, 0.15) is 17.4 Å². The summed E-state index contributed by atoms with van der Waals surface area (Å²) in [6.45, 7) is 4.99. The molecule has 0 unspecified atom stereocenters. The van der Waals surface area contributed by atoms with E-state index in [-0.39, 0.29) is 12.7 Å². The molecular weight excluding hydrogens is 360 g/mol. The molecule has 1 atom stereocenters. The maximum absolute atomic E-state index is 9.74. The van der Waals surface area contributed by atoms with Crippen LogP contribution in [0.3, 0.4) is 0 Å². The third-order valence-electron chi connectivity index (χ3n) is 4.61. The van der Waals surface area contributed by atoms with E-state index in [4.69, 9.17) is 29.4 Å². The van der Waals surface area contributed by atoms with Gasteiger partial charge >= 0.3 is 0 Å². The monoisotopic (exact) mass is 380 g/mol. The molecule has 2 aromatic rings. The minimum absolute atomic E-state index is 0.0747. The highest BCUT2D eigenvalue weighted by molar-refractivity contribution is 5.62. The van der Waals surface area contributed by atoms with Gasteiger partial charge in [0, 0.05) is 11.6 Å². The third-order valence-corrected chi connectivity index (χ3v) is 4.61. The second-order valence-corrected chi connectivity index (χ2v) is 6.24. The highest BCUT2D eigenvalue weighted by atomic mass is 16.7. The van der Waals surface area contributed by atoms with Gasteiger partial charge in [0.2, 0.25) is 12.7 Å². The Balaban J connectivity index is 1.86.